The molecule has 180 valence electrons. The molecule has 0 aromatic heterocycles. The molecule has 0 spiro atoms. The zero-order valence-electron chi connectivity index (χ0n) is 18.6. The number of carbonyl (C=O) groups is 2. The zero-order chi connectivity index (χ0) is 24.3. The van der Waals surface area contributed by atoms with E-state index in [-0.39, 0.29) is 24.4 Å². The van der Waals surface area contributed by atoms with Crippen LogP contribution in [-0.2, 0) is 23.8 Å². The third-order valence-electron chi connectivity index (χ3n) is 5.86. The monoisotopic (exact) mass is 456 g/mol. The number of ketones is 1. The van der Waals surface area contributed by atoms with Crippen LogP contribution in [0.2, 0.25) is 0 Å². The first-order valence-corrected chi connectivity index (χ1v) is 10.2. The molecular weight excluding hydrogens is 424 g/mol. The van der Waals surface area contributed by atoms with Crippen molar-refractivity contribution in [1.29, 1.82) is 0 Å². The highest BCUT2D eigenvalue weighted by Crippen LogP contribution is 2.44. The number of aliphatic hydroxyl groups is 5. The van der Waals surface area contributed by atoms with Gasteiger partial charge in [0.25, 0.3) is 0 Å². The molecule has 1 fully saturated rings. The summed E-state index contributed by atoms with van der Waals surface area (Å²) in [7, 11) is 1.25. The minimum absolute atomic E-state index is 0.0527. The normalized spacial score (nSPS) is 35.7. The number of methoxy groups -OCH3 is 1. The second kappa shape index (κ2) is 10.3. The van der Waals surface area contributed by atoms with Crippen LogP contribution < -0.4 is 0 Å². The summed E-state index contributed by atoms with van der Waals surface area (Å²) in [5.41, 5.74) is -1.90. The average Bonchev–Trinajstić information content (AvgIpc) is 2.73. The molecule has 1 aliphatic heterocycles. The maximum Gasteiger partial charge on any atom is 0.330 e. The Kier molecular flexibility index (Phi) is 8.51. The lowest BCUT2D eigenvalue weighted by molar-refractivity contribution is -0.299. The predicted octanol–water partition coefficient (Wildman–Crippen LogP) is -0.865. The number of allylic oxidation sites excluding steroid dienone is 3. The largest absolute Gasteiger partial charge is 0.466 e. The van der Waals surface area contributed by atoms with Crippen molar-refractivity contribution in [1.82, 2.24) is 0 Å². The molecular formula is C22H32O10. The van der Waals surface area contributed by atoms with Crippen LogP contribution in [0.4, 0.5) is 0 Å². The molecule has 0 amide bonds. The Morgan fingerprint density at radius 3 is 2.50 bits per heavy atom. The molecule has 10 nitrogen and oxygen atoms in total. The molecule has 32 heavy (non-hydrogen) atoms. The van der Waals surface area contributed by atoms with Crippen molar-refractivity contribution in [2.24, 2.45) is 5.41 Å². The van der Waals surface area contributed by atoms with Crippen molar-refractivity contribution in [3.63, 3.8) is 0 Å². The summed E-state index contributed by atoms with van der Waals surface area (Å²) in [5.74, 6) is -0.791. The van der Waals surface area contributed by atoms with Gasteiger partial charge < -0.3 is 39.7 Å². The Labute approximate surface area is 186 Å². The molecule has 0 aromatic rings. The van der Waals surface area contributed by atoms with Gasteiger partial charge >= 0.3 is 5.97 Å². The van der Waals surface area contributed by atoms with E-state index in [9.17, 15) is 35.1 Å². The maximum absolute atomic E-state index is 12.3. The van der Waals surface area contributed by atoms with Gasteiger partial charge in [0.2, 0.25) is 0 Å². The van der Waals surface area contributed by atoms with Gasteiger partial charge in [0, 0.05) is 17.9 Å². The summed E-state index contributed by atoms with van der Waals surface area (Å²) in [4.78, 5) is 23.7. The molecule has 5 N–H and O–H groups in total. The van der Waals surface area contributed by atoms with E-state index in [0.29, 0.717) is 5.57 Å². The van der Waals surface area contributed by atoms with Gasteiger partial charge in [0.15, 0.2) is 12.1 Å². The van der Waals surface area contributed by atoms with Crippen molar-refractivity contribution < 1.29 is 49.3 Å². The van der Waals surface area contributed by atoms with Crippen LogP contribution in [0.15, 0.2) is 35.5 Å². The van der Waals surface area contributed by atoms with E-state index in [1.807, 2.05) is 0 Å². The lowest BCUT2D eigenvalue weighted by Gasteiger charge is -2.45. The number of carbonyl (C=O) groups excluding carboxylic acids is 2. The van der Waals surface area contributed by atoms with E-state index < -0.39 is 54.3 Å². The number of esters is 1. The quantitative estimate of drug-likeness (QED) is 0.185. The van der Waals surface area contributed by atoms with Crippen LogP contribution in [-0.4, -0.2) is 93.9 Å². The number of ether oxygens (including phenoxy) is 3. The first-order valence-electron chi connectivity index (χ1n) is 10.2. The van der Waals surface area contributed by atoms with Crippen molar-refractivity contribution >= 4 is 11.8 Å². The molecule has 0 radical (unpaired) electrons. The molecule has 10 heteroatoms. The highest BCUT2D eigenvalue weighted by molar-refractivity contribution is 5.93. The number of hydrogen-bond donors (Lipinski definition) is 5. The van der Waals surface area contributed by atoms with Gasteiger partial charge in [-0.25, -0.2) is 4.79 Å². The SMILES string of the molecule is COC(=O)/C=C(C)\C=C\[C@]1(O)C(CO[C@@H]2O[C@H](CO)[C@@H](O)[C@H](O)[C@H]2O)=CC(=O)CC1(C)C. The van der Waals surface area contributed by atoms with Crippen molar-refractivity contribution in [2.45, 2.75) is 63.5 Å². The fourth-order valence-corrected chi connectivity index (χ4v) is 3.77. The average molecular weight is 456 g/mol. The number of hydrogen-bond acceptors (Lipinski definition) is 10. The van der Waals surface area contributed by atoms with Gasteiger partial charge in [0.05, 0.1) is 20.3 Å². The van der Waals surface area contributed by atoms with Gasteiger partial charge in [-0.15, -0.1) is 0 Å². The maximum atomic E-state index is 12.3. The molecule has 1 aliphatic carbocycles. The molecule has 6 atom stereocenters. The Bertz CT molecular complexity index is 797. The lowest BCUT2D eigenvalue weighted by Crippen LogP contribution is -2.59. The second-order valence-electron chi connectivity index (χ2n) is 8.72. The van der Waals surface area contributed by atoms with Crippen molar-refractivity contribution in [2.75, 3.05) is 20.3 Å². The lowest BCUT2D eigenvalue weighted by atomic mass is 9.64. The smallest absolute Gasteiger partial charge is 0.330 e. The van der Waals surface area contributed by atoms with E-state index in [0.717, 1.165) is 0 Å². The summed E-state index contributed by atoms with van der Waals surface area (Å²) in [6, 6.07) is 0. The van der Waals surface area contributed by atoms with Gasteiger partial charge in [-0.3, -0.25) is 4.79 Å². The van der Waals surface area contributed by atoms with Gasteiger partial charge in [0.1, 0.15) is 30.0 Å². The van der Waals surface area contributed by atoms with Crippen LogP contribution in [0.5, 0.6) is 0 Å². The third kappa shape index (κ3) is 5.52. The Hall–Kier alpha value is -1.92. The molecule has 2 rings (SSSR count). The first kappa shape index (κ1) is 26.3. The number of aliphatic hydroxyl groups excluding tert-OH is 4. The minimum Gasteiger partial charge on any atom is -0.466 e. The fraction of sp³-hybridized carbons (Fsp3) is 0.636. The van der Waals surface area contributed by atoms with E-state index in [4.69, 9.17) is 9.47 Å². The molecule has 2 aliphatic rings. The molecule has 0 bridgehead atoms. The van der Waals surface area contributed by atoms with Crippen molar-refractivity contribution in [3.05, 3.63) is 35.5 Å². The van der Waals surface area contributed by atoms with Gasteiger partial charge in [-0.05, 0) is 30.2 Å². The van der Waals surface area contributed by atoms with Crippen LogP contribution >= 0.6 is 0 Å². The van der Waals surface area contributed by atoms with Crippen LogP contribution in [0.1, 0.15) is 27.2 Å². The third-order valence-corrected chi connectivity index (χ3v) is 5.86. The highest BCUT2D eigenvalue weighted by Gasteiger charge is 2.49. The first-order chi connectivity index (χ1) is 14.9. The van der Waals surface area contributed by atoms with Crippen molar-refractivity contribution in [3.8, 4) is 0 Å². The summed E-state index contributed by atoms with van der Waals surface area (Å²) >= 11 is 0. The standard InChI is InChI=1S/C22H32O10/c1-12(7-16(25)30-4)5-6-22(29)13(8-14(24)9-21(22,2)3)11-31-20-19(28)18(27)17(26)15(10-23)32-20/h5-8,15,17-20,23,26-29H,9-11H2,1-4H3/b6-5+,12-7-/t15-,17-,18+,19-,20-,22+/m1/s1. The van der Waals surface area contributed by atoms with E-state index >= 15 is 0 Å². The minimum atomic E-state index is -1.65. The Morgan fingerprint density at radius 2 is 1.91 bits per heavy atom. The van der Waals surface area contributed by atoms with E-state index in [2.05, 4.69) is 4.74 Å². The molecule has 0 aromatic carbocycles. The van der Waals surface area contributed by atoms with Crippen LogP contribution in [0.3, 0.4) is 0 Å². The zero-order valence-corrected chi connectivity index (χ0v) is 18.6. The Morgan fingerprint density at radius 1 is 1.25 bits per heavy atom. The molecule has 0 saturated carbocycles. The number of rotatable bonds is 7. The highest BCUT2D eigenvalue weighted by atomic mass is 16.7. The topological polar surface area (TPSA) is 163 Å². The second-order valence-corrected chi connectivity index (χ2v) is 8.72. The molecule has 0 unspecified atom stereocenters. The fourth-order valence-electron chi connectivity index (χ4n) is 3.77. The Balaban J connectivity index is 2.28. The van der Waals surface area contributed by atoms with Crippen LogP contribution in [0, 0.1) is 5.41 Å². The summed E-state index contributed by atoms with van der Waals surface area (Å²) in [6.07, 6.45) is -1.81. The molecule has 1 heterocycles. The predicted molar refractivity (Wildman–Crippen MR) is 111 cm³/mol. The molecule has 1 saturated heterocycles. The summed E-state index contributed by atoms with van der Waals surface area (Å²) in [5, 5.41) is 50.8. The van der Waals surface area contributed by atoms with Crippen LogP contribution in [0.25, 0.3) is 0 Å². The van der Waals surface area contributed by atoms with Gasteiger partial charge in [-0.1, -0.05) is 19.9 Å². The van der Waals surface area contributed by atoms with E-state index in [1.165, 1.54) is 31.4 Å². The summed E-state index contributed by atoms with van der Waals surface area (Å²) in [6.45, 7) is 4.09. The van der Waals surface area contributed by atoms with Gasteiger partial charge in [-0.2, -0.15) is 0 Å². The summed E-state index contributed by atoms with van der Waals surface area (Å²) < 4.78 is 15.5. The van der Waals surface area contributed by atoms with E-state index in [1.54, 1.807) is 20.8 Å².